The van der Waals surface area contributed by atoms with Crippen molar-refractivity contribution in [2.24, 2.45) is 0 Å². The second kappa shape index (κ2) is 6.55. The van der Waals surface area contributed by atoms with E-state index in [9.17, 15) is 9.18 Å². The van der Waals surface area contributed by atoms with Crippen LogP contribution in [0.15, 0.2) is 57.7 Å². The molecule has 0 saturated carbocycles. The number of furan rings is 1. The highest BCUT2D eigenvalue weighted by Gasteiger charge is 2.31. The van der Waals surface area contributed by atoms with Gasteiger partial charge in [-0.1, -0.05) is 17.3 Å². The summed E-state index contributed by atoms with van der Waals surface area (Å²) in [5.74, 6) is 0.570. The van der Waals surface area contributed by atoms with E-state index in [0.29, 0.717) is 24.5 Å². The predicted molar refractivity (Wildman–Crippen MR) is 88.4 cm³/mol. The van der Waals surface area contributed by atoms with Crippen LogP contribution in [-0.2, 0) is 6.42 Å². The molecule has 0 bridgehead atoms. The molecule has 25 heavy (non-hydrogen) atoms. The maximum absolute atomic E-state index is 13.1. The molecule has 1 saturated heterocycles. The Hall–Kier alpha value is -2.89. The first-order valence-corrected chi connectivity index (χ1v) is 8.27. The van der Waals surface area contributed by atoms with Gasteiger partial charge in [-0.3, -0.25) is 4.79 Å². The SMILES string of the molecule is O=C(c1cc(-c2ccco2)on1)N1CCCC1Cc1ccc(F)cc1. The highest BCUT2D eigenvalue weighted by Crippen LogP contribution is 2.26. The summed E-state index contributed by atoms with van der Waals surface area (Å²) in [6.07, 6.45) is 4.11. The minimum Gasteiger partial charge on any atom is -0.461 e. The standard InChI is InChI=1S/C19H17FN2O3/c20-14-7-5-13(6-8-14)11-15-3-1-9-22(15)19(23)16-12-18(25-21-16)17-4-2-10-24-17/h2,4-8,10,12,15H,1,3,9,11H2. The van der Waals surface area contributed by atoms with Crippen molar-refractivity contribution in [1.29, 1.82) is 0 Å². The highest BCUT2D eigenvalue weighted by atomic mass is 19.1. The van der Waals surface area contributed by atoms with Crippen LogP contribution in [0, 0.1) is 5.82 Å². The van der Waals surface area contributed by atoms with Crippen molar-refractivity contribution in [2.45, 2.75) is 25.3 Å². The number of hydrogen-bond acceptors (Lipinski definition) is 4. The van der Waals surface area contributed by atoms with Gasteiger partial charge < -0.3 is 13.8 Å². The fourth-order valence-corrected chi connectivity index (χ4v) is 3.27. The second-order valence-corrected chi connectivity index (χ2v) is 6.18. The van der Waals surface area contributed by atoms with Crippen molar-refractivity contribution in [2.75, 3.05) is 6.54 Å². The van der Waals surface area contributed by atoms with Crippen molar-refractivity contribution < 1.29 is 18.1 Å². The Kier molecular flexibility index (Phi) is 4.09. The predicted octanol–water partition coefficient (Wildman–Crippen LogP) is 3.92. The number of aromatic nitrogens is 1. The van der Waals surface area contributed by atoms with Gasteiger partial charge in [0.1, 0.15) is 5.82 Å². The van der Waals surface area contributed by atoms with E-state index in [4.69, 9.17) is 8.94 Å². The van der Waals surface area contributed by atoms with Crippen LogP contribution in [0.1, 0.15) is 28.9 Å². The molecule has 1 unspecified atom stereocenters. The van der Waals surface area contributed by atoms with E-state index in [1.165, 1.54) is 12.1 Å². The lowest BCUT2D eigenvalue weighted by Gasteiger charge is -2.23. The van der Waals surface area contributed by atoms with Gasteiger partial charge in [0.2, 0.25) is 5.76 Å². The molecule has 1 aliphatic heterocycles. The van der Waals surface area contributed by atoms with Gasteiger partial charge in [-0.2, -0.15) is 0 Å². The maximum atomic E-state index is 13.1. The summed E-state index contributed by atoms with van der Waals surface area (Å²) in [5, 5.41) is 3.89. The Bertz CT molecular complexity index is 855. The lowest BCUT2D eigenvalue weighted by molar-refractivity contribution is 0.0726. The van der Waals surface area contributed by atoms with Crippen molar-refractivity contribution in [3.05, 3.63) is 65.8 Å². The summed E-state index contributed by atoms with van der Waals surface area (Å²) < 4.78 is 23.5. The van der Waals surface area contributed by atoms with E-state index in [1.807, 2.05) is 4.90 Å². The van der Waals surface area contributed by atoms with Crippen LogP contribution >= 0.6 is 0 Å². The van der Waals surface area contributed by atoms with E-state index in [2.05, 4.69) is 5.16 Å². The van der Waals surface area contributed by atoms with Crippen LogP contribution in [0.5, 0.6) is 0 Å². The molecular weight excluding hydrogens is 323 g/mol. The number of rotatable bonds is 4. The molecule has 0 spiro atoms. The van der Waals surface area contributed by atoms with Gasteiger partial charge in [0.05, 0.1) is 6.26 Å². The molecule has 4 rings (SSSR count). The molecule has 2 aromatic heterocycles. The summed E-state index contributed by atoms with van der Waals surface area (Å²) >= 11 is 0. The fraction of sp³-hybridized carbons (Fsp3) is 0.263. The Morgan fingerprint density at radius 1 is 1.24 bits per heavy atom. The summed E-state index contributed by atoms with van der Waals surface area (Å²) in [4.78, 5) is 14.6. The second-order valence-electron chi connectivity index (χ2n) is 6.18. The van der Waals surface area contributed by atoms with Gasteiger partial charge in [-0.15, -0.1) is 0 Å². The topological polar surface area (TPSA) is 59.5 Å². The van der Waals surface area contributed by atoms with Crippen molar-refractivity contribution >= 4 is 5.91 Å². The van der Waals surface area contributed by atoms with Gasteiger partial charge in [0, 0.05) is 18.7 Å². The number of hydrogen-bond donors (Lipinski definition) is 0. The third-order valence-electron chi connectivity index (χ3n) is 4.52. The molecule has 6 heteroatoms. The first kappa shape index (κ1) is 15.6. The number of amides is 1. The van der Waals surface area contributed by atoms with Crippen molar-refractivity contribution in [3.8, 4) is 11.5 Å². The largest absolute Gasteiger partial charge is 0.461 e. The lowest BCUT2D eigenvalue weighted by atomic mass is 10.0. The van der Waals surface area contributed by atoms with Crippen LogP contribution in [0.2, 0.25) is 0 Å². The molecule has 1 aromatic carbocycles. The highest BCUT2D eigenvalue weighted by molar-refractivity contribution is 5.93. The smallest absolute Gasteiger partial charge is 0.276 e. The molecule has 0 radical (unpaired) electrons. The Labute approximate surface area is 144 Å². The van der Waals surface area contributed by atoms with Crippen molar-refractivity contribution in [1.82, 2.24) is 10.1 Å². The zero-order valence-electron chi connectivity index (χ0n) is 13.5. The van der Waals surface area contributed by atoms with Gasteiger partial charge in [-0.25, -0.2) is 4.39 Å². The van der Waals surface area contributed by atoms with Gasteiger partial charge >= 0.3 is 0 Å². The number of nitrogens with zero attached hydrogens (tertiary/aromatic N) is 2. The van der Waals surface area contributed by atoms with E-state index in [-0.39, 0.29) is 23.5 Å². The summed E-state index contributed by atoms with van der Waals surface area (Å²) in [6, 6.07) is 11.6. The minimum atomic E-state index is -0.254. The molecule has 3 heterocycles. The molecule has 3 aromatic rings. The van der Waals surface area contributed by atoms with Crippen molar-refractivity contribution in [3.63, 3.8) is 0 Å². The number of carbonyl (C=O) groups excluding carboxylic acids is 1. The zero-order chi connectivity index (χ0) is 17.2. The van der Waals surface area contributed by atoms with Crippen LogP contribution in [0.4, 0.5) is 4.39 Å². The molecule has 1 amide bonds. The summed E-state index contributed by atoms with van der Waals surface area (Å²) in [5.41, 5.74) is 1.29. The Morgan fingerprint density at radius 3 is 2.84 bits per heavy atom. The van der Waals surface area contributed by atoms with Gasteiger partial charge in [0.25, 0.3) is 5.91 Å². The number of carbonyl (C=O) groups is 1. The maximum Gasteiger partial charge on any atom is 0.276 e. The minimum absolute atomic E-state index is 0.0849. The van der Waals surface area contributed by atoms with Crippen LogP contribution in [-0.4, -0.2) is 28.6 Å². The van der Waals surface area contributed by atoms with Crippen LogP contribution < -0.4 is 0 Å². The normalized spacial score (nSPS) is 17.2. The number of benzene rings is 1. The third kappa shape index (κ3) is 3.20. The Morgan fingerprint density at radius 2 is 2.08 bits per heavy atom. The molecule has 5 nitrogen and oxygen atoms in total. The van der Waals surface area contributed by atoms with Gasteiger partial charge in [0.15, 0.2) is 11.5 Å². The van der Waals surface area contributed by atoms with E-state index >= 15 is 0 Å². The molecule has 0 aliphatic carbocycles. The summed E-state index contributed by atoms with van der Waals surface area (Å²) in [7, 11) is 0. The van der Waals surface area contributed by atoms with Crippen LogP contribution in [0.3, 0.4) is 0 Å². The zero-order valence-corrected chi connectivity index (χ0v) is 13.5. The lowest BCUT2D eigenvalue weighted by Crippen LogP contribution is -2.37. The van der Waals surface area contributed by atoms with Crippen LogP contribution in [0.25, 0.3) is 11.5 Å². The molecule has 128 valence electrons. The quantitative estimate of drug-likeness (QED) is 0.722. The molecular formula is C19H17FN2O3. The first-order chi connectivity index (χ1) is 12.2. The number of halogens is 1. The monoisotopic (exact) mass is 340 g/mol. The summed E-state index contributed by atoms with van der Waals surface area (Å²) in [6.45, 7) is 0.688. The average molecular weight is 340 g/mol. The number of likely N-dealkylation sites (tertiary alicyclic amines) is 1. The Balaban J connectivity index is 1.50. The fourth-order valence-electron chi connectivity index (χ4n) is 3.27. The van der Waals surface area contributed by atoms with E-state index < -0.39 is 0 Å². The van der Waals surface area contributed by atoms with E-state index in [1.54, 1.807) is 36.6 Å². The molecule has 1 atom stereocenters. The molecule has 0 N–H and O–H groups in total. The molecule has 1 fully saturated rings. The first-order valence-electron chi connectivity index (χ1n) is 8.27. The van der Waals surface area contributed by atoms with E-state index in [0.717, 1.165) is 18.4 Å². The van der Waals surface area contributed by atoms with Gasteiger partial charge in [-0.05, 0) is 49.1 Å². The molecule has 1 aliphatic rings. The average Bonchev–Trinajstić information content (AvgIpc) is 3.37. The third-order valence-corrected chi connectivity index (χ3v) is 4.52.